The van der Waals surface area contributed by atoms with E-state index in [2.05, 4.69) is 10.2 Å². The largest absolute Gasteiger partial charge is 0.304 e. The highest BCUT2D eigenvalue weighted by atomic mass is 32.2. The smallest absolute Gasteiger partial charge is 0.211 e. The van der Waals surface area contributed by atoms with E-state index in [1.54, 1.807) is 0 Å². The van der Waals surface area contributed by atoms with Crippen molar-refractivity contribution in [1.82, 2.24) is 19.1 Å². The fourth-order valence-corrected chi connectivity index (χ4v) is 3.58. The molecule has 1 fully saturated rings. The molecule has 1 saturated heterocycles. The molecule has 0 spiro atoms. The van der Waals surface area contributed by atoms with Gasteiger partial charge in [0.05, 0.1) is 6.26 Å². The van der Waals surface area contributed by atoms with Gasteiger partial charge in [-0.2, -0.15) is 5.10 Å². The number of aromatic amines is 1. The molecular weight excluding hydrogens is 272 g/mol. The van der Waals surface area contributed by atoms with Crippen LogP contribution in [0.4, 0.5) is 0 Å². The van der Waals surface area contributed by atoms with Crippen LogP contribution in [0.25, 0.3) is 0 Å². The molecule has 1 atom stereocenters. The van der Waals surface area contributed by atoms with Crippen LogP contribution < -0.4 is 0 Å². The second-order valence-electron chi connectivity index (χ2n) is 4.59. The van der Waals surface area contributed by atoms with Crippen molar-refractivity contribution >= 4 is 22.2 Å². The number of piperidine rings is 1. The highest BCUT2D eigenvalue weighted by Crippen LogP contribution is 2.26. The number of aromatic nitrogens is 3. The van der Waals surface area contributed by atoms with Gasteiger partial charge in [0.1, 0.15) is 5.82 Å². The maximum Gasteiger partial charge on any atom is 0.211 e. The summed E-state index contributed by atoms with van der Waals surface area (Å²) in [7, 11) is -3.12. The Morgan fingerprint density at radius 2 is 2.28 bits per heavy atom. The second kappa shape index (κ2) is 5.10. The first-order valence-electron chi connectivity index (χ1n) is 6.03. The van der Waals surface area contributed by atoms with E-state index in [-0.39, 0.29) is 5.92 Å². The van der Waals surface area contributed by atoms with Gasteiger partial charge in [-0.25, -0.2) is 12.7 Å². The minimum atomic E-state index is -3.12. The van der Waals surface area contributed by atoms with E-state index in [9.17, 15) is 8.42 Å². The summed E-state index contributed by atoms with van der Waals surface area (Å²) in [5.74, 6) is 0.997. The summed E-state index contributed by atoms with van der Waals surface area (Å²) in [6.07, 6.45) is 3.07. The molecule has 0 aliphatic carbocycles. The van der Waals surface area contributed by atoms with Crippen molar-refractivity contribution in [3.05, 3.63) is 10.6 Å². The van der Waals surface area contributed by atoms with E-state index in [4.69, 9.17) is 12.2 Å². The molecule has 1 N–H and O–H groups in total. The van der Waals surface area contributed by atoms with Crippen LogP contribution in [0.5, 0.6) is 0 Å². The lowest BCUT2D eigenvalue weighted by Gasteiger charge is -2.30. The fourth-order valence-electron chi connectivity index (χ4n) is 2.40. The van der Waals surface area contributed by atoms with Gasteiger partial charge < -0.3 is 4.57 Å². The van der Waals surface area contributed by atoms with Gasteiger partial charge >= 0.3 is 0 Å². The lowest BCUT2D eigenvalue weighted by Crippen LogP contribution is -2.39. The zero-order chi connectivity index (χ0) is 13.3. The van der Waals surface area contributed by atoms with Crippen molar-refractivity contribution in [2.75, 3.05) is 19.3 Å². The summed E-state index contributed by atoms with van der Waals surface area (Å²) in [4.78, 5) is 0. The predicted molar refractivity (Wildman–Crippen MR) is 71.5 cm³/mol. The van der Waals surface area contributed by atoms with E-state index in [0.29, 0.717) is 17.9 Å². The van der Waals surface area contributed by atoms with Gasteiger partial charge in [0.15, 0.2) is 4.77 Å². The number of hydrogen-bond acceptors (Lipinski definition) is 4. The summed E-state index contributed by atoms with van der Waals surface area (Å²) in [6.45, 7) is 3.86. The first-order valence-corrected chi connectivity index (χ1v) is 8.29. The summed E-state index contributed by atoms with van der Waals surface area (Å²) in [6, 6.07) is 0. The quantitative estimate of drug-likeness (QED) is 0.846. The van der Waals surface area contributed by atoms with Crippen LogP contribution >= 0.6 is 12.2 Å². The Morgan fingerprint density at radius 1 is 1.56 bits per heavy atom. The number of sulfonamides is 1. The summed E-state index contributed by atoms with van der Waals surface area (Å²) in [5.41, 5.74) is 0. The fraction of sp³-hybridized carbons (Fsp3) is 0.800. The predicted octanol–water partition coefficient (Wildman–Crippen LogP) is 1.10. The Hall–Kier alpha value is -0.730. The molecule has 102 valence electrons. The van der Waals surface area contributed by atoms with Crippen LogP contribution in [0.1, 0.15) is 31.5 Å². The normalized spacial score (nSPS) is 22.2. The van der Waals surface area contributed by atoms with Crippen molar-refractivity contribution in [2.45, 2.75) is 32.2 Å². The van der Waals surface area contributed by atoms with Crippen LogP contribution in [0.15, 0.2) is 0 Å². The SMILES string of the molecule is CCn1c(C2CCCN(S(C)(=O)=O)C2)n[nH]c1=S. The Balaban J connectivity index is 2.26. The Morgan fingerprint density at radius 3 is 2.89 bits per heavy atom. The molecule has 8 heteroatoms. The first-order chi connectivity index (χ1) is 8.43. The van der Waals surface area contributed by atoms with E-state index >= 15 is 0 Å². The third-order valence-corrected chi connectivity index (χ3v) is 4.90. The minimum absolute atomic E-state index is 0.126. The van der Waals surface area contributed by atoms with Crippen LogP contribution in [0.2, 0.25) is 0 Å². The van der Waals surface area contributed by atoms with Crippen molar-refractivity contribution < 1.29 is 8.42 Å². The summed E-state index contributed by atoms with van der Waals surface area (Å²) >= 11 is 5.16. The lowest BCUT2D eigenvalue weighted by atomic mass is 9.99. The number of hydrogen-bond donors (Lipinski definition) is 1. The zero-order valence-corrected chi connectivity index (χ0v) is 12.2. The zero-order valence-electron chi connectivity index (χ0n) is 10.6. The number of nitrogens with zero attached hydrogens (tertiary/aromatic N) is 3. The van der Waals surface area contributed by atoms with Crippen LogP contribution in [0, 0.1) is 4.77 Å². The third-order valence-electron chi connectivity index (χ3n) is 3.32. The molecule has 0 aromatic carbocycles. The third kappa shape index (κ3) is 2.65. The Bertz CT molecular complexity index is 575. The topological polar surface area (TPSA) is 71.0 Å². The molecule has 0 saturated carbocycles. The van der Waals surface area contributed by atoms with Crippen molar-refractivity contribution in [3.63, 3.8) is 0 Å². The highest BCUT2D eigenvalue weighted by molar-refractivity contribution is 7.88. The van der Waals surface area contributed by atoms with Gasteiger partial charge in [-0.1, -0.05) is 0 Å². The lowest BCUT2D eigenvalue weighted by molar-refractivity contribution is 0.306. The molecule has 2 heterocycles. The highest BCUT2D eigenvalue weighted by Gasteiger charge is 2.29. The van der Waals surface area contributed by atoms with Gasteiger partial charge in [-0.05, 0) is 32.0 Å². The van der Waals surface area contributed by atoms with E-state index < -0.39 is 10.0 Å². The molecular formula is C10H18N4O2S2. The summed E-state index contributed by atoms with van der Waals surface area (Å²) < 4.78 is 27.3. The average molecular weight is 290 g/mol. The Kier molecular flexibility index (Phi) is 3.88. The van der Waals surface area contributed by atoms with E-state index in [1.165, 1.54) is 10.6 Å². The minimum Gasteiger partial charge on any atom is -0.304 e. The van der Waals surface area contributed by atoms with Gasteiger partial charge in [0, 0.05) is 25.6 Å². The standard InChI is InChI=1S/C10H18N4O2S2/c1-3-14-9(11-12-10(14)17)8-5-4-6-13(7-8)18(2,15)16/h8H,3-7H2,1-2H3,(H,12,17). The molecule has 1 aromatic heterocycles. The number of rotatable bonds is 3. The van der Waals surface area contributed by atoms with Crippen LogP contribution in [0.3, 0.4) is 0 Å². The molecule has 6 nitrogen and oxygen atoms in total. The molecule has 1 aromatic rings. The molecule has 0 radical (unpaired) electrons. The van der Waals surface area contributed by atoms with Gasteiger partial charge in [-0.3, -0.25) is 5.10 Å². The maximum atomic E-state index is 11.6. The van der Waals surface area contributed by atoms with Gasteiger partial charge in [0.2, 0.25) is 10.0 Å². The maximum absolute atomic E-state index is 11.6. The van der Waals surface area contributed by atoms with Crippen molar-refractivity contribution in [1.29, 1.82) is 0 Å². The summed E-state index contributed by atoms with van der Waals surface area (Å²) in [5, 5.41) is 7.04. The molecule has 1 unspecified atom stereocenters. The second-order valence-corrected chi connectivity index (χ2v) is 6.96. The molecule has 0 amide bonds. The van der Waals surface area contributed by atoms with Crippen molar-refractivity contribution in [2.24, 2.45) is 0 Å². The Labute approximate surface area is 112 Å². The molecule has 0 bridgehead atoms. The van der Waals surface area contributed by atoms with Gasteiger partial charge in [-0.15, -0.1) is 0 Å². The van der Waals surface area contributed by atoms with E-state index in [1.807, 2.05) is 11.5 Å². The molecule has 1 aliphatic heterocycles. The van der Waals surface area contributed by atoms with Gasteiger partial charge in [0.25, 0.3) is 0 Å². The first kappa shape index (κ1) is 13.7. The van der Waals surface area contributed by atoms with Crippen LogP contribution in [-0.4, -0.2) is 46.8 Å². The molecule has 1 aliphatic rings. The van der Waals surface area contributed by atoms with Crippen molar-refractivity contribution in [3.8, 4) is 0 Å². The van der Waals surface area contributed by atoms with E-state index in [0.717, 1.165) is 25.2 Å². The number of H-pyrrole nitrogens is 1. The average Bonchev–Trinajstić information content (AvgIpc) is 2.69. The monoisotopic (exact) mass is 290 g/mol. The number of nitrogens with one attached hydrogen (secondary N) is 1. The molecule has 18 heavy (non-hydrogen) atoms. The molecule has 2 rings (SSSR count). The van der Waals surface area contributed by atoms with Crippen LogP contribution in [-0.2, 0) is 16.6 Å².